The highest BCUT2D eigenvalue weighted by Gasteiger charge is 2.17. The first kappa shape index (κ1) is 13.0. The van der Waals surface area contributed by atoms with Crippen LogP contribution < -0.4 is 5.73 Å². The van der Waals surface area contributed by atoms with E-state index in [0.29, 0.717) is 17.8 Å². The van der Waals surface area contributed by atoms with Crippen molar-refractivity contribution in [3.63, 3.8) is 0 Å². The summed E-state index contributed by atoms with van der Waals surface area (Å²) in [5.41, 5.74) is 6.64. The molecule has 0 aliphatic carbocycles. The number of methoxy groups -OCH3 is 1. The van der Waals surface area contributed by atoms with Gasteiger partial charge >= 0.3 is 5.97 Å². The van der Waals surface area contributed by atoms with Crippen molar-refractivity contribution in [3.05, 3.63) is 29.8 Å². The lowest BCUT2D eigenvalue weighted by atomic mass is 10.2. The van der Waals surface area contributed by atoms with E-state index in [2.05, 4.69) is 4.74 Å². The predicted molar refractivity (Wildman–Crippen MR) is 64.4 cm³/mol. The molecule has 0 aliphatic heterocycles. The summed E-state index contributed by atoms with van der Waals surface area (Å²) in [6, 6.07) is 6.58. The van der Waals surface area contributed by atoms with Crippen LogP contribution in [0.2, 0.25) is 0 Å². The molecular weight excluding hydrogens is 220 g/mol. The molecule has 0 heterocycles. The third-order valence-electron chi connectivity index (χ3n) is 2.37. The number of hydrogen-bond acceptors (Lipinski definition) is 4. The SMILES string of the molecule is CCN(CC(=O)OC)C(=O)c1ccc(N)cc1. The highest BCUT2D eigenvalue weighted by Crippen LogP contribution is 2.08. The van der Waals surface area contributed by atoms with E-state index >= 15 is 0 Å². The summed E-state index contributed by atoms with van der Waals surface area (Å²) in [7, 11) is 1.30. The summed E-state index contributed by atoms with van der Waals surface area (Å²) < 4.78 is 4.53. The highest BCUT2D eigenvalue weighted by atomic mass is 16.5. The molecule has 0 unspecified atom stereocenters. The van der Waals surface area contributed by atoms with Gasteiger partial charge in [0, 0.05) is 17.8 Å². The maximum atomic E-state index is 12.0. The molecule has 0 aliphatic rings. The molecule has 5 heteroatoms. The number of anilines is 1. The maximum Gasteiger partial charge on any atom is 0.325 e. The predicted octanol–water partition coefficient (Wildman–Crippen LogP) is 0.904. The number of nitrogens with zero attached hydrogens (tertiary/aromatic N) is 1. The molecule has 0 radical (unpaired) electrons. The number of carbonyl (C=O) groups is 2. The van der Waals surface area contributed by atoms with E-state index < -0.39 is 5.97 Å². The molecule has 0 bridgehead atoms. The molecule has 92 valence electrons. The van der Waals surface area contributed by atoms with Crippen LogP contribution in [0.15, 0.2) is 24.3 Å². The van der Waals surface area contributed by atoms with Gasteiger partial charge in [0.25, 0.3) is 5.91 Å². The van der Waals surface area contributed by atoms with Gasteiger partial charge in [-0.25, -0.2) is 0 Å². The monoisotopic (exact) mass is 236 g/mol. The maximum absolute atomic E-state index is 12.0. The zero-order chi connectivity index (χ0) is 12.8. The molecule has 1 aromatic carbocycles. The highest BCUT2D eigenvalue weighted by molar-refractivity contribution is 5.96. The number of rotatable bonds is 4. The van der Waals surface area contributed by atoms with E-state index in [0.717, 1.165) is 0 Å². The van der Waals surface area contributed by atoms with Gasteiger partial charge in [-0.1, -0.05) is 0 Å². The molecule has 1 aromatic rings. The van der Waals surface area contributed by atoms with Crippen LogP contribution in [0.25, 0.3) is 0 Å². The second-order valence-electron chi connectivity index (χ2n) is 3.52. The Morgan fingerprint density at radius 2 is 1.88 bits per heavy atom. The minimum atomic E-state index is -0.435. The molecule has 0 saturated heterocycles. The summed E-state index contributed by atoms with van der Waals surface area (Å²) in [5.74, 6) is -0.645. The van der Waals surface area contributed by atoms with Crippen molar-refractivity contribution < 1.29 is 14.3 Å². The van der Waals surface area contributed by atoms with Gasteiger partial charge in [0.1, 0.15) is 6.54 Å². The fraction of sp³-hybridized carbons (Fsp3) is 0.333. The Balaban J connectivity index is 2.78. The zero-order valence-corrected chi connectivity index (χ0v) is 9.97. The molecule has 0 atom stereocenters. The van der Waals surface area contributed by atoms with Gasteiger partial charge in [-0.15, -0.1) is 0 Å². The van der Waals surface area contributed by atoms with Crippen LogP contribution in [0.5, 0.6) is 0 Å². The Labute approximate surface area is 100 Å². The number of hydrogen-bond donors (Lipinski definition) is 1. The lowest BCUT2D eigenvalue weighted by Gasteiger charge is -2.19. The quantitative estimate of drug-likeness (QED) is 0.622. The third kappa shape index (κ3) is 3.48. The van der Waals surface area contributed by atoms with Gasteiger partial charge < -0.3 is 15.4 Å². The van der Waals surface area contributed by atoms with Crippen LogP contribution in [-0.4, -0.2) is 37.0 Å². The van der Waals surface area contributed by atoms with Crippen molar-refractivity contribution in [2.45, 2.75) is 6.92 Å². The van der Waals surface area contributed by atoms with Crippen molar-refractivity contribution >= 4 is 17.6 Å². The first-order valence-corrected chi connectivity index (χ1v) is 5.30. The Bertz CT molecular complexity index is 401. The first-order chi connectivity index (χ1) is 8.08. The number of esters is 1. The van der Waals surface area contributed by atoms with E-state index in [-0.39, 0.29) is 12.5 Å². The average Bonchev–Trinajstić information content (AvgIpc) is 2.35. The summed E-state index contributed by atoms with van der Waals surface area (Å²) in [6.45, 7) is 2.20. The summed E-state index contributed by atoms with van der Waals surface area (Å²) in [4.78, 5) is 24.6. The second-order valence-corrected chi connectivity index (χ2v) is 3.52. The lowest BCUT2D eigenvalue weighted by Crippen LogP contribution is -2.36. The van der Waals surface area contributed by atoms with Gasteiger partial charge in [0.2, 0.25) is 0 Å². The van der Waals surface area contributed by atoms with Crippen LogP contribution in [0.1, 0.15) is 17.3 Å². The van der Waals surface area contributed by atoms with E-state index in [9.17, 15) is 9.59 Å². The molecule has 0 spiro atoms. The lowest BCUT2D eigenvalue weighted by molar-refractivity contribution is -0.141. The molecule has 1 amide bonds. The smallest absolute Gasteiger partial charge is 0.325 e. The van der Waals surface area contributed by atoms with Crippen LogP contribution in [0, 0.1) is 0 Å². The van der Waals surface area contributed by atoms with Gasteiger partial charge in [-0.3, -0.25) is 9.59 Å². The van der Waals surface area contributed by atoms with Gasteiger partial charge in [0.05, 0.1) is 7.11 Å². The Hall–Kier alpha value is -2.04. The Morgan fingerprint density at radius 1 is 1.29 bits per heavy atom. The first-order valence-electron chi connectivity index (χ1n) is 5.30. The number of nitrogens with two attached hydrogens (primary N) is 1. The van der Waals surface area contributed by atoms with Crippen molar-refractivity contribution in [2.24, 2.45) is 0 Å². The largest absolute Gasteiger partial charge is 0.468 e. The average molecular weight is 236 g/mol. The Kier molecular flexibility index (Phi) is 4.51. The number of likely N-dealkylation sites (N-methyl/N-ethyl adjacent to an activating group) is 1. The number of benzene rings is 1. The van der Waals surface area contributed by atoms with Crippen LogP contribution in [0.4, 0.5) is 5.69 Å². The zero-order valence-electron chi connectivity index (χ0n) is 9.97. The molecule has 17 heavy (non-hydrogen) atoms. The molecule has 5 nitrogen and oxygen atoms in total. The number of nitrogen functional groups attached to an aromatic ring is 1. The minimum absolute atomic E-state index is 0.0454. The number of carbonyl (C=O) groups excluding carboxylic acids is 2. The summed E-state index contributed by atoms with van der Waals surface area (Å²) in [6.07, 6.45) is 0. The van der Waals surface area contributed by atoms with Gasteiger partial charge in [0.15, 0.2) is 0 Å². The van der Waals surface area contributed by atoms with Gasteiger partial charge in [-0.2, -0.15) is 0 Å². The normalized spacial score (nSPS) is 9.76. The van der Waals surface area contributed by atoms with E-state index in [1.54, 1.807) is 31.2 Å². The fourth-order valence-corrected chi connectivity index (χ4v) is 1.36. The standard InChI is InChI=1S/C12H16N2O3/c1-3-14(8-11(15)17-2)12(16)9-4-6-10(13)7-5-9/h4-7H,3,8,13H2,1-2H3. The number of amides is 1. The van der Waals surface area contributed by atoms with Crippen molar-refractivity contribution in [1.82, 2.24) is 4.90 Å². The fourth-order valence-electron chi connectivity index (χ4n) is 1.36. The van der Waals surface area contributed by atoms with Crippen LogP contribution >= 0.6 is 0 Å². The summed E-state index contributed by atoms with van der Waals surface area (Å²) >= 11 is 0. The second kappa shape index (κ2) is 5.89. The van der Waals surface area contributed by atoms with E-state index in [1.807, 2.05) is 0 Å². The molecule has 0 aromatic heterocycles. The summed E-state index contributed by atoms with van der Waals surface area (Å²) in [5, 5.41) is 0. The third-order valence-corrected chi connectivity index (χ3v) is 2.37. The van der Waals surface area contributed by atoms with Crippen LogP contribution in [0.3, 0.4) is 0 Å². The van der Waals surface area contributed by atoms with Crippen molar-refractivity contribution in [3.8, 4) is 0 Å². The van der Waals surface area contributed by atoms with E-state index in [4.69, 9.17) is 5.73 Å². The molecule has 2 N–H and O–H groups in total. The molecule has 0 saturated carbocycles. The minimum Gasteiger partial charge on any atom is -0.468 e. The molecule has 1 rings (SSSR count). The molecular formula is C12H16N2O3. The van der Waals surface area contributed by atoms with E-state index in [1.165, 1.54) is 12.0 Å². The Morgan fingerprint density at radius 3 is 2.35 bits per heavy atom. The van der Waals surface area contributed by atoms with Crippen molar-refractivity contribution in [2.75, 3.05) is 25.9 Å². The topological polar surface area (TPSA) is 72.6 Å². The van der Waals surface area contributed by atoms with Crippen molar-refractivity contribution in [1.29, 1.82) is 0 Å². The molecule has 0 fully saturated rings. The van der Waals surface area contributed by atoms with Gasteiger partial charge in [-0.05, 0) is 31.2 Å². The van der Waals surface area contributed by atoms with Crippen LogP contribution in [-0.2, 0) is 9.53 Å². The number of ether oxygens (including phenoxy) is 1.